The molecule has 27 heavy (non-hydrogen) atoms. The molecule has 0 bridgehead atoms. The summed E-state index contributed by atoms with van der Waals surface area (Å²) in [4.78, 5) is 30.1. The van der Waals surface area contributed by atoms with Crippen molar-refractivity contribution < 1.29 is 14.7 Å². The number of hydrogen-bond acceptors (Lipinski definition) is 4. The second-order valence-electron chi connectivity index (χ2n) is 6.48. The molecule has 1 heterocycles. The number of fused-ring (bicyclic) bond motifs is 1. The third-order valence-electron chi connectivity index (χ3n) is 4.54. The topological polar surface area (TPSA) is 70.5 Å². The number of aryl methyl sites for hydroxylation is 1. The van der Waals surface area contributed by atoms with Gasteiger partial charge in [0.25, 0.3) is 0 Å². The average molecular weight is 382 g/mol. The van der Waals surface area contributed by atoms with E-state index in [0.717, 1.165) is 27.2 Å². The predicted octanol–water partition coefficient (Wildman–Crippen LogP) is 3.77. The normalized spacial score (nSPS) is 12.0. The second kappa shape index (κ2) is 8.77. The number of rotatable bonds is 8. The first-order valence-corrected chi connectivity index (χ1v) is 9.73. The van der Waals surface area contributed by atoms with Crippen LogP contribution >= 0.6 is 11.3 Å². The summed E-state index contributed by atoms with van der Waals surface area (Å²) in [6, 6.07) is 16.5. The highest BCUT2D eigenvalue weighted by Crippen LogP contribution is 2.23. The summed E-state index contributed by atoms with van der Waals surface area (Å²) < 4.78 is 1.14. The molecule has 0 radical (unpaired) electrons. The number of amides is 1. The van der Waals surface area contributed by atoms with Crippen molar-refractivity contribution in [1.29, 1.82) is 0 Å². The van der Waals surface area contributed by atoms with E-state index in [-0.39, 0.29) is 5.91 Å². The van der Waals surface area contributed by atoms with Gasteiger partial charge < -0.3 is 10.0 Å². The van der Waals surface area contributed by atoms with Gasteiger partial charge in [-0.15, -0.1) is 11.3 Å². The number of carboxylic acids is 1. The highest BCUT2D eigenvalue weighted by molar-refractivity contribution is 7.18. The van der Waals surface area contributed by atoms with E-state index in [2.05, 4.69) is 4.98 Å². The minimum atomic E-state index is -0.985. The molecule has 3 rings (SSSR count). The maximum Gasteiger partial charge on any atom is 0.326 e. The van der Waals surface area contributed by atoms with E-state index in [4.69, 9.17) is 0 Å². The van der Waals surface area contributed by atoms with Crippen LogP contribution in [0.1, 0.15) is 23.4 Å². The first-order valence-electron chi connectivity index (χ1n) is 8.91. The lowest BCUT2D eigenvalue weighted by Crippen LogP contribution is -2.43. The van der Waals surface area contributed by atoms with Gasteiger partial charge in [-0.25, -0.2) is 9.78 Å². The second-order valence-corrected chi connectivity index (χ2v) is 7.59. The highest BCUT2D eigenvalue weighted by Gasteiger charge is 2.26. The molecule has 0 aliphatic heterocycles. The molecule has 3 aromatic rings. The minimum Gasteiger partial charge on any atom is -0.480 e. The Morgan fingerprint density at radius 3 is 2.52 bits per heavy atom. The van der Waals surface area contributed by atoms with Crippen molar-refractivity contribution in [2.24, 2.45) is 0 Å². The molecule has 0 saturated carbocycles. The molecule has 140 valence electrons. The number of benzene rings is 2. The number of thiazole rings is 1. The summed E-state index contributed by atoms with van der Waals surface area (Å²) in [5.41, 5.74) is 1.88. The lowest BCUT2D eigenvalue weighted by molar-refractivity contribution is -0.149. The van der Waals surface area contributed by atoms with Gasteiger partial charge in [-0.2, -0.15) is 0 Å². The van der Waals surface area contributed by atoms with Crippen molar-refractivity contribution >= 4 is 33.4 Å². The van der Waals surface area contributed by atoms with Gasteiger partial charge in [0.1, 0.15) is 6.04 Å². The molecule has 0 spiro atoms. The molecule has 0 aliphatic carbocycles. The molecule has 1 atom stereocenters. The molecule has 1 N–H and O–H groups in total. The SMILES string of the molecule is CN(C(=O)CCCc1nc2ccccc2s1)C(Cc1ccccc1)C(=O)O. The predicted molar refractivity (Wildman–Crippen MR) is 107 cm³/mol. The van der Waals surface area contributed by atoms with Crippen molar-refractivity contribution in [1.82, 2.24) is 9.88 Å². The monoisotopic (exact) mass is 382 g/mol. The van der Waals surface area contributed by atoms with E-state index in [0.29, 0.717) is 19.3 Å². The van der Waals surface area contributed by atoms with Crippen LogP contribution in [-0.2, 0) is 22.4 Å². The fourth-order valence-corrected chi connectivity index (χ4v) is 4.00. The summed E-state index contributed by atoms with van der Waals surface area (Å²) >= 11 is 1.64. The first kappa shape index (κ1) is 19.0. The number of nitrogens with zero attached hydrogens (tertiary/aromatic N) is 2. The van der Waals surface area contributed by atoms with Crippen LogP contribution in [0.3, 0.4) is 0 Å². The van der Waals surface area contributed by atoms with Crippen LogP contribution in [0, 0.1) is 0 Å². The Kier molecular flexibility index (Phi) is 6.19. The summed E-state index contributed by atoms with van der Waals surface area (Å²) in [5.74, 6) is -1.14. The first-order chi connectivity index (χ1) is 13.0. The van der Waals surface area contributed by atoms with Gasteiger partial charge in [-0.05, 0) is 30.5 Å². The summed E-state index contributed by atoms with van der Waals surface area (Å²) in [5, 5.41) is 10.5. The number of likely N-dealkylation sites (N-methyl/N-ethyl adjacent to an activating group) is 1. The van der Waals surface area contributed by atoms with E-state index in [1.165, 1.54) is 4.90 Å². The summed E-state index contributed by atoms with van der Waals surface area (Å²) in [6.45, 7) is 0. The van der Waals surface area contributed by atoms with Crippen molar-refractivity contribution in [3.63, 3.8) is 0 Å². The Morgan fingerprint density at radius 1 is 1.11 bits per heavy atom. The molecule has 1 amide bonds. The van der Waals surface area contributed by atoms with Gasteiger partial charge in [0.15, 0.2) is 0 Å². The third-order valence-corrected chi connectivity index (χ3v) is 5.63. The van der Waals surface area contributed by atoms with Gasteiger partial charge in [-0.3, -0.25) is 4.79 Å². The molecule has 2 aromatic carbocycles. The fourth-order valence-electron chi connectivity index (χ4n) is 3.00. The third kappa shape index (κ3) is 4.92. The van der Waals surface area contributed by atoms with E-state index >= 15 is 0 Å². The number of para-hydroxylation sites is 1. The molecule has 0 fully saturated rings. The standard InChI is InChI=1S/C21H22N2O3S/c1-23(17(21(25)26)14-15-8-3-2-4-9-15)20(24)13-7-12-19-22-16-10-5-6-11-18(16)27-19/h2-6,8-11,17H,7,12-14H2,1H3,(H,25,26). The molecular weight excluding hydrogens is 360 g/mol. The number of aliphatic carboxylic acids is 1. The van der Waals surface area contributed by atoms with Gasteiger partial charge >= 0.3 is 5.97 Å². The number of aromatic nitrogens is 1. The van der Waals surface area contributed by atoms with Gasteiger partial charge in [0, 0.05) is 19.9 Å². The average Bonchev–Trinajstić information content (AvgIpc) is 3.09. The molecule has 6 heteroatoms. The van der Waals surface area contributed by atoms with Crippen LogP contribution in [0.5, 0.6) is 0 Å². The lowest BCUT2D eigenvalue weighted by Gasteiger charge is -2.25. The number of carbonyl (C=O) groups is 2. The van der Waals surface area contributed by atoms with Crippen LogP contribution in [0.15, 0.2) is 54.6 Å². The maximum atomic E-state index is 12.5. The summed E-state index contributed by atoms with van der Waals surface area (Å²) in [6.07, 6.45) is 1.98. The van der Waals surface area contributed by atoms with Crippen molar-refractivity contribution in [2.45, 2.75) is 31.7 Å². The van der Waals surface area contributed by atoms with Gasteiger partial charge in [0.05, 0.1) is 15.2 Å². The molecule has 1 aromatic heterocycles. The minimum absolute atomic E-state index is 0.153. The zero-order valence-corrected chi connectivity index (χ0v) is 16.0. The zero-order valence-electron chi connectivity index (χ0n) is 15.2. The van der Waals surface area contributed by atoms with E-state index in [1.54, 1.807) is 18.4 Å². The Hall–Kier alpha value is -2.73. The van der Waals surface area contributed by atoms with Crippen LogP contribution < -0.4 is 0 Å². The van der Waals surface area contributed by atoms with Gasteiger partial charge in [0.2, 0.25) is 5.91 Å². The maximum absolute atomic E-state index is 12.5. The van der Waals surface area contributed by atoms with Crippen LogP contribution in [0.4, 0.5) is 0 Å². The molecule has 0 aliphatic rings. The van der Waals surface area contributed by atoms with Crippen molar-refractivity contribution in [2.75, 3.05) is 7.05 Å². The Balaban J connectivity index is 1.55. The van der Waals surface area contributed by atoms with Crippen LogP contribution in [-0.4, -0.2) is 40.0 Å². The Bertz CT molecular complexity index is 890. The summed E-state index contributed by atoms with van der Waals surface area (Å²) in [7, 11) is 1.57. The Labute approximate surface area is 162 Å². The van der Waals surface area contributed by atoms with Crippen LogP contribution in [0.25, 0.3) is 10.2 Å². The largest absolute Gasteiger partial charge is 0.480 e. The highest BCUT2D eigenvalue weighted by atomic mass is 32.1. The quantitative estimate of drug-likeness (QED) is 0.644. The smallest absolute Gasteiger partial charge is 0.326 e. The fraction of sp³-hybridized carbons (Fsp3) is 0.286. The zero-order chi connectivity index (χ0) is 19.2. The molecular formula is C21H22N2O3S. The lowest BCUT2D eigenvalue weighted by atomic mass is 10.0. The molecule has 0 saturated heterocycles. The number of carboxylic acid groups (broad SMARTS) is 1. The molecule has 1 unspecified atom stereocenters. The van der Waals surface area contributed by atoms with E-state index < -0.39 is 12.0 Å². The van der Waals surface area contributed by atoms with Crippen LogP contribution in [0.2, 0.25) is 0 Å². The number of hydrogen-bond donors (Lipinski definition) is 1. The van der Waals surface area contributed by atoms with E-state index in [1.807, 2.05) is 54.6 Å². The van der Waals surface area contributed by atoms with Gasteiger partial charge in [-0.1, -0.05) is 42.5 Å². The van der Waals surface area contributed by atoms with Crippen molar-refractivity contribution in [3.8, 4) is 0 Å². The number of carbonyl (C=O) groups excluding carboxylic acids is 1. The van der Waals surface area contributed by atoms with E-state index in [9.17, 15) is 14.7 Å². The Morgan fingerprint density at radius 2 is 1.81 bits per heavy atom. The molecule has 5 nitrogen and oxygen atoms in total. The van der Waals surface area contributed by atoms with Crippen molar-refractivity contribution in [3.05, 3.63) is 65.2 Å².